The Morgan fingerprint density at radius 3 is 2.62 bits per heavy atom. The number of nitrogens with zero attached hydrogens (tertiary/aromatic N) is 2. The number of carbonyl (C=O) groups excluding carboxylic acids is 1. The highest BCUT2D eigenvalue weighted by Crippen LogP contribution is 2.31. The first-order valence-corrected chi connectivity index (χ1v) is 8.98. The molecule has 1 atom stereocenters. The zero-order valence-electron chi connectivity index (χ0n) is 15.4. The number of hydrogen-bond donors (Lipinski definition) is 1. The van der Waals surface area contributed by atoms with Crippen LogP contribution in [0, 0.1) is 5.92 Å². The standard InChI is InChI=1S/C19H25N3O4/c1-12(20-18(23)13-7-5-4-6-8-13)19-21-17(22-26-19)14-9-10-15(24-2)16(11-14)25-3/h9-13H,4-8H2,1-3H3,(H,20,23). The maximum atomic E-state index is 12.4. The molecule has 1 N–H and O–H groups in total. The fraction of sp³-hybridized carbons (Fsp3) is 0.526. The van der Waals surface area contributed by atoms with E-state index >= 15 is 0 Å². The second-order valence-corrected chi connectivity index (χ2v) is 6.59. The van der Waals surface area contributed by atoms with Gasteiger partial charge in [0.1, 0.15) is 6.04 Å². The number of nitrogens with one attached hydrogen (secondary N) is 1. The fourth-order valence-electron chi connectivity index (χ4n) is 3.26. The van der Waals surface area contributed by atoms with Gasteiger partial charge in [0.2, 0.25) is 17.6 Å². The van der Waals surface area contributed by atoms with E-state index < -0.39 is 0 Å². The van der Waals surface area contributed by atoms with E-state index in [4.69, 9.17) is 14.0 Å². The van der Waals surface area contributed by atoms with Gasteiger partial charge in [-0.25, -0.2) is 0 Å². The molecule has 3 rings (SSSR count). The van der Waals surface area contributed by atoms with Crippen molar-refractivity contribution in [1.29, 1.82) is 0 Å². The molecule has 0 spiro atoms. The monoisotopic (exact) mass is 359 g/mol. The van der Waals surface area contributed by atoms with Crippen molar-refractivity contribution in [3.05, 3.63) is 24.1 Å². The Hall–Kier alpha value is -2.57. The first-order valence-electron chi connectivity index (χ1n) is 8.98. The van der Waals surface area contributed by atoms with Crippen LogP contribution in [0.15, 0.2) is 22.7 Å². The van der Waals surface area contributed by atoms with Gasteiger partial charge in [0.05, 0.1) is 14.2 Å². The van der Waals surface area contributed by atoms with Gasteiger partial charge in [0.15, 0.2) is 11.5 Å². The van der Waals surface area contributed by atoms with E-state index in [0.29, 0.717) is 23.2 Å². The molecule has 2 aromatic rings. The lowest BCUT2D eigenvalue weighted by Crippen LogP contribution is -2.33. The predicted octanol–water partition coefficient (Wildman–Crippen LogP) is 3.51. The average Bonchev–Trinajstić information content (AvgIpc) is 3.18. The molecule has 1 saturated carbocycles. The molecule has 0 radical (unpaired) electrons. The lowest BCUT2D eigenvalue weighted by atomic mass is 9.88. The predicted molar refractivity (Wildman–Crippen MR) is 96.0 cm³/mol. The molecule has 26 heavy (non-hydrogen) atoms. The van der Waals surface area contributed by atoms with Crippen LogP contribution in [0.2, 0.25) is 0 Å². The summed E-state index contributed by atoms with van der Waals surface area (Å²) in [5, 5.41) is 7.02. The molecular formula is C19H25N3O4. The largest absolute Gasteiger partial charge is 0.493 e. The van der Waals surface area contributed by atoms with Crippen LogP contribution in [0.25, 0.3) is 11.4 Å². The summed E-state index contributed by atoms with van der Waals surface area (Å²) in [5.74, 6) is 2.23. The third-order valence-electron chi connectivity index (χ3n) is 4.79. The van der Waals surface area contributed by atoms with E-state index in [1.165, 1.54) is 6.42 Å². The zero-order chi connectivity index (χ0) is 18.5. The number of aromatic nitrogens is 2. The van der Waals surface area contributed by atoms with Crippen LogP contribution in [0.4, 0.5) is 0 Å². The molecule has 140 valence electrons. The molecule has 1 aromatic heterocycles. The van der Waals surface area contributed by atoms with Crippen molar-refractivity contribution in [3.63, 3.8) is 0 Å². The second-order valence-electron chi connectivity index (χ2n) is 6.59. The van der Waals surface area contributed by atoms with Crippen LogP contribution in [0.5, 0.6) is 11.5 Å². The van der Waals surface area contributed by atoms with Crippen molar-refractivity contribution >= 4 is 5.91 Å². The highest BCUT2D eigenvalue weighted by molar-refractivity contribution is 5.79. The van der Waals surface area contributed by atoms with Crippen molar-refractivity contribution in [1.82, 2.24) is 15.5 Å². The number of amides is 1. The summed E-state index contributed by atoms with van der Waals surface area (Å²) in [6, 6.07) is 5.09. The molecular weight excluding hydrogens is 334 g/mol. The summed E-state index contributed by atoms with van der Waals surface area (Å²) in [5.41, 5.74) is 0.753. The molecule has 1 fully saturated rings. The number of ether oxygens (including phenoxy) is 2. The molecule has 0 aliphatic heterocycles. The average molecular weight is 359 g/mol. The Morgan fingerprint density at radius 2 is 1.92 bits per heavy atom. The van der Waals surface area contributed by atoms with Crippen molar-refractivity contribution in [3.8, 4) is 22.9 Å². The minimum atomic E-state index is -0.328. The summed E-state index contributed by atoms with van der Waals surface area (Å²) in [7, 11) is 3.16. The number of carbonyl (C=O) groups is 1. The van der Waals surface area contributed by atoms with E-state index in [-0.39, 0.29) is 17.9 Å². The van der Waals surface area contributed by atoms with Crippen molar-refractivity contribution in [2.75, 3.05) is 14.2 Å². The van der Waals surface area contributed by atoms with Crippen molar-refractivity contribution in [2.24, 2.45) is 5.92 Å². The number of rotatable bonds is 6. The molecule has 7 heteroatoms. The first kappa shape index (κ1) is 18.2. The van der Waals surface area contributed by atoms with Crippen LogP contribution >= 0.6 is 0 Å². The minimum absolute atomic E-state index is 0.0723. The highest BCUT2D eigenvalue weighted by Gasteiger charge is 2.24. The summed E-state index contributed by atoms with van der Waals surface area (Å²) in [6.45, 7) is 1.85. The number of benzene rings is 1. The zero-order valence-corrected chi connectivity index (χ0v) is 15.4. The summed E-state index contributed by atoms with van der Waals surface area (Å²) in [4.78, 5) is 16.8. The Labute approximate surface area is 153 Å². The van der Waals surface area contributed by atoms with E-state index in [0.717, 1.165) is 31.2 Å². The quantitative estimate of drug-likeness (QED) is 0.849. The van der Waals surface area contributed by atoms with E-state index in [1.807, 2.05) is 13.0 Å². The third kappa shape index (κ3) is 3.98. The minimum Gasteiger partial charge on any atom is -0.493 e. The van der Waals surface area contributed by atoms with Gasteiger partial charge in [0.25, 0.3) is 0 Å². The lowest BCUT2D eigenvalue weighted by Gasteiger charge is -2.22. The third-order valence-corrected chi connectivity index (χ3v) is 4.79. The Morgan fingerprint density at radius 1 is 1.19 bits per heavy atom. The maximum Gasteiger partial charge on any atom is 0.249 e. The SMILES string of the molecule is COc1ccc(-c2noc(C(C)NC(=O)C3CCCCC3)n2)cc1OC. The van der Waals surface area contributed by atoms with Gasteiger partial charge in [-0.15, -0.1) is 0 Å². The van der Waals surface area contributed by atoms with E-state index in [9.17, 15) is 4.79 Å². The van der Waals surface area contributed by atoms with Gasteiger partial charge in [-0.05, 0) is 38.0 Å². The van der Waals surface area contributed by atoms with Gasteiger partial charge in [-0.2, -0.15) is 4.98 Å². The smallest absolute Gasteiger partial charge is 0.249 e. The molecule has 0 saturated heterocycles. The lowest BCUT2D eigenvalue weighted by molar-refractivity contribution is -0.126. The topological polar surface area (TPSA) is 86.5 Å². The van der Waals surface area contributed by atoms with Crippen molar-refractivity contribution in [2.45, 2.75) is 45.1 Å². The van der Waals surface area contributed by atoms with Crippen molar-refractivity contribution < 1.29 is 18.8 Å². The normalized spacial score (nSPS) is 16.1. The highest BCUT2D eigenvalue weighted by atomic mass is 16.5. The van der Waals surface area contributed by atoms with Gasteiger partial charge < -0.3 is 19.3 Å². The second kappa shape index (κ2) is 8.21. The first-order chi connectivity index (χ1) is 12.6. The summed E-state index contributed by atoms with van der Waals surface area (Å²) in [6.07, 6.45) is 5.38. The van der Waals surface area contributed by atoms with Gasteiger partial charge in [0, 0.05) is 11.5 Å². The molecule has 0 bridgehead atoms. The number of hydrogen-bond acceptors (Lipinski definition) is 6. The molecule has 1 unspecified atom stereocenters. The number of methoxy groups -OCH3 is 2. The van der Waals surface area contributed by atoms with Gasteiger partial charge >= 0.3 is 0 Å². The maximum absolute atomic E-state index is 12.4. The van der Waals surface area contributed by atoms with Gasteiger partial charge in [-0.1, -0.05) is 24.4 Å². The van der Waals surface area contributed by atoms with Crippen LogP contribution in [-0.4, -0.2) is 30.3 Å². The summed E-state index contributed by atoms with van der Waals surface area (Å²) >= 11 is 0. The van der Waals surface area contributed by atoms with Crippen LogP contribution in [0.1, 0.15) is 51.0 Å². The fourth-order valence-corrected chi connectivity index (χ4v) is 3.26. The molecule has 1 heterocycles. The Bertz CT molecular complexity index is 753. The Kier molecular flexibility index (Phi) is 5.75. The molecule has 1 aromatic carbocycles. The Balaban J connectivity index is 1.69. The van der Waals surface area contributed by atoms with Crippen LogP contribution in [-0.2, 0) is 4.79 Å². The van der Waals surface area contributed by atoms with E-state index in [1.54, 1.807) is 26.4 Å². The summed E-state index contributed by atoms with van der Waals surface area (Å²) < 4.78 is 15.9. The van der Waals surface area contributed by atoms with Gasteiger partial charge in [-0.3, -0.25) is 4.79 Å². The molecule has 1 amide bonds. The molecule has 1 aliphatic rings. The van der Waals surface area contributed by atoms with E-state index in [2.05, 4.69) is 15.5 Å². The van der Waals surface area contributed by atoms with Crippen LogP contribution < -0.4 is 14.8 Å². The van der Waals surface area contributed by atoms with Crippen LogP contribution in [0.3, 0.4) is 0 Å². The molecule has 1 aliphatic carbocycles. The molecule has 7 nitrogen and oxygen atoms in total.